The second kappa shape index (κ2) is 4.66. The van der Waals surface area contributed by atoms with Crippen LogP contribution in [0, 0.1) is 6.92 Å². The molecule has 0 spiro atoms. The van der Waals surface area contributed by atoms with E-state index in [1.54, 1.807) is 18.3 Å². The molecular weight excluding hydrogens is 260 g/mol. The molecule has 0 aliphatic heterocycles. The number of imidazole rings is 1. The summed E-state index contributed by atoms with van der Waals surface area (Å²) in [4.78, 5) is 16.9. The van der Waals surface area contributed by atoms with Gasteiger partial charge in [0.05, 0.1) is 28.9 Å². The van der Waals surface area contributed by atoms with E-state index in [0.29, 0.717) is 6.61 Å². The first kappa shape index (κ1) is 12.2. The van der Waals surface area contributed by atoms with Gasteiger partial charge < -0.3 is 4.74 Å². The number of aryl methyl sites for hydroxylation is 1. The molecule has 0 amide bonds. The minimum Gasteiger partial charge on any atom is -0.466 e. The van der Waals surface area contributed by atoms with Gasteiger partial charge in [0.15, 0.2) is 4.96 Å². The normalized spacial score (nSPS) is 11.3. The Bertz CT molecular complexity index is 757. The highest BCUT2D eigenvalue weighted by atomic mass is 32.1. The van der Waals surface area contributed by atoms with Crippen molar-refractivity contribution in [2.75, 3.05) is 6.61 Å². The van der Waals surface area contributed by atoms with Crippen LogP contribution in [0.5, 0.6) is 0 Å². The van der Waals surface area contributed by atoms with Gasteiger partial charge in [-0.3, -0.25) is 9.20 Å². The number of ether oxygens (including phenoxy) is 1. The molecule has 2 aromatic heterocycles. The number of carbonyl (C=O) groups excluding carboxylic acids is 1. The van der Waals surface area contributed by atoms with Crippen molar-refractivity contribution in [2.24, 2.45) is 0 Å². The standard InChI is InChI=1S/C14H14N2O2S/c1-3-18-13(17)7-10-8-16-11-5-4-9(2)6-12(11)19-14(16)15-10/h4-6,8H,3,7H2,1-2H3. The summed E-state index contributed by atoms with van der Waals surface area (Å²) >= 11 is 1.64. The number of benzene rings is 1. The molecule has 0 radical (unpaired) electrons. The van der Waals surface area contributed by atoms with Crippen LogP contribution in [-0.2, 0) is 16.0 Å². The Hall–Kier alpha value is -1.88. The minimum atomic E-state index is -0.228. The van der Waals surface area contributed by atoms with E-state index in [2.05, 4.69) is 30.1 Å². The zero-order valence-electron chi connectivity index (χ0n) is 10.8. The number of esters is 1. The number of fused-ring (bicyclic) bond motifs is 3. The fourth-order valence-electron chi connectivity index (χ4n) is 2.10. The molecule has 0 N–H and O–H groups in total. The predicted molar refractivity (Wildman–Crippen MR) is 75.6 cm³/mol. The highest BCUT2D eigenvalue weighted by Gasteiger charge is 2.12. The predicted octanol–water partition coefficient (Wildman–Crippen LogP) is 2.96. The van der Waals surface area contributed by atoms with Crippen LogP contribution < -0.4 is 0 Å². The van der Waals surface area contributed by atoms with Crippen LogP contribution in [0.4, 0.5) is 0 Å². The summed E-state index contributed by atoms with van der Waals surface area (Å²) < 4.78 is 8.19. The molecule has 19 heavy (non-hydrogen) atoms. The van der Waals surface area contributed by atoms with E-state index in [4.69, 9.17) is 4.74 Å². The third kappa shape index (κ3) is 2.21. The van der Waals surface area contributed by atoms with Crippen molar-refractivity contribution in [1.82, 2.24) is 9.38 Å². The molecule has 3 rings (SSSR count). The molecule has 0 aliphatic carbocycles. The molecule has 0 saturated carbocycles. The molecular formula is C14H14N2O2S. The second-order valence-corrected chi connectivity index (χ2v) is 5.45. The Balaban J connectivity index is 2.00. The monoisotopic (exact) mass is 274 g/mol. The van der Waals surface area contributed by atoms with Crippen LogP contribution >= 0.6 is 11.3 Å². The molecule has 5 heteroatoms. The fourth-order valence-corrected chi connectivity index (χ4v) is 3.22. The van der Waals surface area contributed by atoms with E-state index < -0.39 is 0 Å². The second-order valence-electron chi connectivity index (χ2n) is 4.44. The third-order valence-corrected chi connectivity index (χ3v) is 3.95. The van der Waals surface area contributed by atoms with Crippen LogP contribution in [0.15, 0.2) is 24.4 Å². The third-order valence-electron chi connectivity index (χ3n) is 2.93. The SMILES string of the molecule is CCOC(=O)Cc1cn2c(n1)sc1cc(C)ccc12. The molecule has 4 nitrogen and oxygen atoms in total. The van der Waals surface area contributed by atoms with Crippen molar-refractivity contribution in [3.05, 3.63) is 35.7 Å². The van der Waals surface area contributed by atoms with Gasteiger partial charge in [-0.2, -0.15) is 0 Å². The quantitative estimate of drug-likeness (QED) is 0.690. The molecule has 0 unspecified atom stereocenters. The van der Waals surface area contributed by atoms with Gasteiger partial charge in [-0.05, 0) is 31.5 Å². The van der Waals surface area contributed by atoms with Gasteiger partial charge in [-0.15, -0.1) is 0 Å². The average Bonchev–Trinajstić information content (AvgIpc) is 2.85. The average molecular weight is 274 g/mol. The zero-order valence-corrected chi connectivity index (χ0v) is 11.7. The van der Waals surface area contributed by atoms with Crippen molar-refractivity contribution >= 4 is 32.5 Å². The summed E-state index contributed by atoms with van der Waals surface area (Å²) in [5.74, 6) is -0.228. The summed E-state index contributed by atoms with van der Waals surface area (Å²) in [5.41, 5.74) is 3.13. The van der Waals surface area contributed by atoms with Crippen LogP contribution in [0.25, 0.3) is 15.2 Å². The molecule has 0 atom stereocenters. The maximum Gasteiger partial charge on any atom is 0.311 e. The molecule has 0 aliphatic rings. The molecule has 0 fully saturated rings. The lowest BCUT2D eigenvalue weighted by atomic mass is 10.2. The molecule has 98 valence electrons. The number of aromatic nitrogens is 2. The van der Waals surface area contributed by atoms with Crippen molar-refractivity contribution in [3.63, 3.8) is 0 Å². The van der Waals surface area contributed by atoms with Crippen molar-refractivity contribution in [1.29, 1.82) is 0 Å². The van der Waals surface area contributed by atoms with Gasteiger partial charge in [0.25, 0.3) is 0 Å². The molecule has 2 heterocycles. The summed E-state index contributed by atoms with van der Waals surface area (Å²) in [6, 6.07) is 6.32. The van der Waals surface area contributed by atoms with Gasteiger partial charge in [0.1, 0.15) is 0 Å². The van der Waals surface area contributed by atoms with E-state index in [0.717, 1.165) is 16.2 Å². The topological polar surface area (TPSA) is 43.6 Å². The number of hydrogen-bond acceptors (Lipinski definition) is 4. The lowest BCUT2D eigenvalue weighted by Gasteiger charge is -1.98. The van der Waals surface area contributed by atoms with Crippen LogP contribution in [0.2, 0.25) is 0 Å². The lowest BCUT2D eigenvalue weighted by Crippen LogP contribution is -2.07. The van der Waals surface area contributed by atoms with Crippen molar-refractivity contribution in [3.8, 4) is 0 Å². The fraction of sp³-hybridized carbons (Fsp3) is 0.286. The van der Waals surface area contributed by atoms with E-state index in [1.807, 2.05) is 10.6 Å². The first-order valence-corrected chi connectivity index (χ1v) is 7.02. The number of rotatable bonds is 3. The molecule has 1 aromatic carbocycles. The Morgan fingerprint density at radius 1 is 1.47 bits per heavy atom. The number of carbonyl (C=O) groups is 1. The zero-order chi connectivity index (χ0) is 13.4. The van der Waals surface area contributed by atoms with E-state index >= 15 is 0 Å². The van der Waals surface area contributed by atoms with Gasteiger partial charge >= 0.3 is 5.97 Å². The largest absolute Gasteiger partial charge is 0.466 e. The maximum absolute atomic E-state index is 11.5. The van der Waals surface area contributed by atoms with Crippen LogP contribution in [-0.4, -0.2) is 22.0 Å². The van der Waals surface area contributed by atoms with Crippen molar-refractivity contribution < 1.29 is 9.53 Å². The number of hydrogen-bond donors (Lipinski definition) is 0. The Morgan fingerprint density at radius 3 is 3.11 bits per heavy atom. The van der Waals surface area contributed by atoms with Gasteiger partial charge in [-0.1, -0.05) is 17.4 Å². The van der Waals surface area contributed by atoms with Gasteiger partial charge in [0, 0.05) is 6.20 Å². The van der Waals surface area contributed by atoms with Gasteiger partial charge in [-0.25, -0.2) is 4.98 Å². The summed E-state index contributed by atoms with van der Waals surface area (Å²) in [5, 5.41) is 0. The van der Waals surface area contributed by atoms with E-state index in [-0.39, 0.29) is 12.4 Å². The van der Waals surface area contributed by atoms with Crippen molar-refractivity contribution in [2.45, 2.75) is 20.3 Å². The number of thiazole rings is 1. The van der Waals surface area contributed by atoms with Crippen LogP contribution in [0.1, 0.15) is 18.2 Å². The Kier molecular flexibility index (Phi) is 2.98. The van der Waals surface area contributed by atoms with E-state index in [9.17, 15) is 4.79 Å². The summed E-state index contributed by atoms with van der Waals surface area (Å²) in [7, 11) is 0. The summed E-state index contributed by atoms with van der Waals surface area (Å²) in [6.45, 7) is 4.29. The maximum atomic E-state index is 11.5. The minimum absolute atomic E-state index is 0.228. The molecule has 0 bridgehead atoms. The molecule has 3 aromatic rings. The smallest absolute Gasteiger partial charge is 0.311 e. The Labute approximate surface area is 114 Å². The summed E-state index contributed by atoms with van der Waals surface area (Å²) in [6.07, 6.45) is 2.15. The number of nitrogens with zero attached hydrogens (tertiary/aromatic N) is 2. The highest BCUT2D eigenvalue weighted by molar-refractivity contribution is 7.23. The lowest BCUT2D eigenvalue weighted by molar-refractivity contribution is -0.142. The molecule has 0 saturated heterocycles. The first-order valence-electron chi connectivity index (χ1n) is 6.20. The first-order chi connectivity index (χ1) is 9.17. The van der Waals surface area contributed by atoms with E-state index in [1.165, 1.54) is 10.3 Å². The van der Waals surface area contributed by atoms with Crippen LogP contribution in [0.3, 0.4) is 0 Å². The Morgan fingerprint density at radius 2 is 2.32 bits per heavy atom. The van der Waals surface area contributed by atoms with Gasteiger partial charge in [0.2, 0.25) is 0 Å². The highest BCUT2D eigenvalue weighted by Crippen LogP contribution is 2.27.